The summed E-state index contributed by atoms with van der Waals surface area (Å²) >= 11 is 0. The summed E-state index contributed by atoms with van der Waals surface area (Å²) in [6.07, 6.45) is 19.1. The lowest BCUT2D eigenvalue weighted by molar-refractivity contribution is -0.0953. The molecule has 4 fully saturated rings. The molecule has 0 aromatic heterocycles. The predicted octanol–water partition coefficient (Wildman–Crippen LogP) is 7.09. The fourth-order valence-electron chi connectivity index (χ4n) is 7.26. The van der Waals surface area contributed by atoms with E-state index >= 15 is 0 Å². The van der Waals surface area contributed by atoms with Crippen molar-refractivity contribution in [1.29, 1.82) is 0 Å². The Kier molecular flexibility index (Phi) is 6.00. The second-order valence-corrected chi connectivity index (χ2v) is 11.2. The Morgan fingerprint density at radius 2 is 1.43 bits per heavy atom. The molecule has 1 amide bonds. The highest BCUT2D eigenvalue weighted by molar-refractivity contribution is 5.69. The molecule has 0 aliphatic heterocycles. The first-order valence-corrected chi connectivity index (χ1v) is 12.4. The van der Waals surface area contributed by atoms with Gasteiger partial charge in [0.2, 0.25) is 0 Å². The molecule has 2 bridgehead atoms. The molecule has 0 aromatic carbocycles. The summed E-state index contributed by atoms with van der Waals surface area (Å²) < 4.78 is 6.49. The Bertz CT molecular complexity index is 529. The highest BCUT2D eigenvalue weighted by Gasteiger charge is 2.56. The van der Waals surface area contributed by atoms with Crippen molar-refractivity contribution >= 4 is 6.09 Å². The Morgan fingerprint density at radius 1 is 0.857 bits per heavy atom. The smallest absolute Gasteiger partial charge is 0.410 e. The SMILES string of the molecule is CC(C)(OC(=O)N(C1CCCCC1)C1CCCCC1)[C@]1(C)CC2CCCC1C2. The van der Waals surface area contributed by atoms with E-state index in [-0.39, 0.29) is 17.1 Å². The molecule has 0 radical (unpaired) electrons. The third-order valence-electron chi connectivity index (χ3n) is 9.26. The van der Waals surface area contributed by atoms with E-state index in [0.717, 1.165) is 11.8 Å². The Morgan fingerprint density at radius 3 is 1.96 bits per heavy atom. The molecule has 160 valence electrons. The van der Waals surface area contributed by atoms with Crippen LogP contribution >= 0.6 is 0 Å². The molecule has 4 aliphatic rings. The quantitative estimate of drug-likeness (QED) is 0.514. The standard InChI is InChI=1S/C25H43NO2/c1-24(2,25(3)18-19-11-10-12-20(25)17-19)28-23(27)26(21-13-6-4-7-14-21)22-15-8-5-9-16-22/h19-22H,4-18H2,1-3H3/t19?,20?,25-/m1/s1. The van der Waals surface area contributed by atoms with Crippen molar-refractivity contribution in [3.8, 4) is 0 Å². The second-order valence-electron chi connectivity index (χ2n) is 11.2. The first-order valence-electron chi connectivity index (χ1n) is 12.4. The monoisotopic (exact) mass is 389 g/mol. The number of fused-ring (bicyclic) bond motifs is 2. The molecule has 0 aromatic rings. The molecule has 0 saturated heterocycles. The fourth-order valence-corrected chi connectivity index (χ4v) is 7.26. The summed E-state index contributed by atoms with van der Waals surface area (Å²) in [5, 5.41) is 0. The number of nitrogens with zero attached hydrogens (tertiary/aromatic N) is 1. The van der Waals surface area contributed by atoms with Gasteiger partial charge in [-0.25, -0.2) is 4.79 Å². The number of hydrogen-bond donors (Lipinski definition) is 0. The van der Waals surface area contributed by atoms with Crippen molar-refractivity contribution in [2.75, 3.05) is 0 Å². The number of hydrogen-bond acceptors (Lipinski definition) is 2. The summed E-state index contributed by atoms with van der Waals surface area (Å²) in [6.45, 7) is 6.85. The lowest BCUT2D eigenvalue weighted by Crippen LogP contribution is -2.54. The molecule has 3 atom stereocenters. The van der Waals surface area contributed by atoms with Gasteiger partial charge >= 0.3 is 6.09 Å². The van der Waals surface area contributed by atoms with Crippen molar-refractivity contribution in [3.05, 3.63) is 0 Å². The van der Waals surface area contributed by atoms with Crippen molar-refractivity contribution in [2.24, 2.45) is 17.3 Å². The van der Waals surface area contributed by atoms with Crippen LogP contribution in [0.1, 0.15) is 117 Å². The van der Waals surface area contributed by atoms with Crippen LogP contribution < -0.4 is 0 Å². The minimum absolute atomic E-state index is 0.00599. The maximum atomic E-state index is 13.7. The fraction of sp³-hybridized carbons (Fsp3) is 0.960. The van der Waals surface area contributed by atoms with Crippen LogP contribution in [0.15, 0.2) is 0 Å². The third kappa shape index (κ3) is 3.84. The molecule has 28 heavy (non-hydrogen) atoms. The summed E-state index contributed by atoms with van der Waals surface area (Å²) in [5.74, 6) is 1.58. The van der Waals surface area contributed by atoms with Crippen LogP contribution in [0, 0.1) is 17.3 Å². The van der Waals surface area contributed by atoms with E-state index in [0.29, 0.717) is 12.1 Å². The Balaban J connectivity index is 1.51. The van der Waals surface area contributed by atoms with Crippen molar-refractivity contribution in [3.63, 3.8) is 0 Å². The van der Waals surface area contributed by atoms with E-state index in [9.17, 15) is 4.79 Å². The van der Waals surface area contributed by atoms with Gasteiger partial charge in [-0.2, -0.15) is 0 Å². The van der Waals surface area contributed by atoms with E-state index < -0.39 is 0 Å². The van der Waals surface area contributed by atoms with Gasteiger partial charge in [0.25, 0.3) is 0 Å². The van der Waals surface area contributed by atoms with E-state index in [2.05, 4.69) is 25.7 Å². The van der Waals surface area contributed by atoms with E-state index in [1.807, 2.05) is 0 Å². The second kappa shape index (κ2) is 8.19. The van der Waals surface area contributed by atoms with Gasteiger partial charge < -0.3 is 9.64 Å². The molecule has 0 N–H and O–H groups in total. The predicted molar refractivity (Wildman–Crippen MR) is 114 cm³/mol. The van der Waals surface area contributed by atoms with Crippen LogP contribution in [0.2, 0.25) is 0 Å². The van der Waals surface area contributed by atoms with Gasteiger partial charge in [0.05, 0.1) is 0 Å². The van der Waals surface area contributed by atoms with Crippen molar-refractivity contribution < 1.29 is 9.53 Å². The molecule has 4 aliphatic carbocycles. The minimum atomic E-state index is -0.380. The van der Waals surface area contributed by atoms with Gasteiger partial charge in [-0.05, 0) is 70.6 Å². The van der Waals surface area contributed by atoms with Crippen LogP contribution in [-0.4, -0.2) is 28.7 Å². The zero-order chi connectivity index (χ0) is 19.8. The molecule has 3 nitrogen and oxygen atoms in total. The average Bonchev–Trinajstić information content (AvgIpc) is 2.92. The summed E-state index contributed by atoms with van der Waals surface area (Å²) in [7, 11) is 0. The maximum Gasteiger partial charge on any atom is 0.410 e. The highest BCUT2D eigenvalue weighted by Crippen LogP contribution is 2.59. The van der Waals surface area contributed by atoms with Gasteiger partial charge in [0.15, 0.2) is 0 Å². The molecule has 4 rings (SSSR count). The number of amides is 1. The van der Waals surface area contributed by atoms with E-state index in [1.165, 1.54) is 96.3 Å². The molecule has 4 saturated carbocycles. The highest BCUT2D eigenvalue weighted by atomic mass is 16.6. The van der Waals surface area contributed by atoms with Gasteiger partial charge in [-0.3, -0.25) is 0 Å². The Hall–Kier alpha value is -0.730. The molecule has 0 spiro atoms. The summed E-state index contributed by atoms with van der Waals surface area (Å²) in [4.78, 5) is 15.9. The van der Waals surface area contributed by atoms with Crippen LogP contribution in [0.3, 0.4) is 0 Å². The minimum Gasteiger partial charge on any atom is -0.443 e. The third-order valence-corrected chi connectivity index (χ3v) is 9.26. The largest absolute Gasteiger partial charge is 0.443 e. The Labute approximate surface area is 173 Å². The molecule has 2 unspecified atom stereocenters. The lowest BCUT2D eigenvalue weighted by atomic mass is 9.67. The normalized spacial score (nSPS) is 35.0. The zero-order valence-corrected chi connectivity index (χ0v) is 18.7. The number of carbonyl (C=O) groups is 1. The summed E-state index contributed by atoms with van der Waals surface area (Å²) in [6, 6.07) is 0.825. The van der Waals surface area contributed by atoms with Crippen molar-refractivity contribution in [2.45, 2.75) is 135 Å². The molecular formula is C25H43NO2. The van der Waals surface area contributed by atoms with Gasteiger partial charge in [0.1, 0.15) is 5.60 Å². The van der Waals surface area contributed by atoms with E-state index in [1.54, 1.807) is 0 Å². The molecule has 3 heteroatoms. The van der Waals surface area contributed by atoms with Crippen LogP contribution in [0.5, 0.6) is 0 Å². The van der Waals surface area contributed by atoms with Crippen LogP contribution in [0.4, 0.5) is 4.79 Å². The molecule has 0 heterocycles. The average molecular weight is 390 g/mol. The number of rotatable bonds is 4. The maximum absolute atomic E-state index is 13.7. The first kappa shape index (κ1) is 20.5. The topological polar surface area (TPSA) is 29.5 Å². The summed E-state index contributed by atoms with van der Waals surface area (Å²) in [5.41, 5.74) is -0.246. The van der Waals surface area contributed by atoms with Crippen molar-refractivity contribution in [1.82, 2.24) is 4.90 Å². The zero-order valence-electron chi connectivity index (χ0n) is 18.7. The van der Waals surface area contributed by atoms with Gasteiger partial charge in [-0.15, -0.1) is 0 Å². The van der Waals surface area contributed by atoms with Crippen LogP contribution in [0.25, 0.3) is 0 Å². The van der Waals surface area contributed by atoms with Gasteiger partial charge in [0, 0.05) is 17.5 Å². The lowest BCUT2D eigenvalue weighted by Gasteiger charge is -2.48. The number of carbonyl (C=O) groups excluding carboxylic acids is 1. The van der Waals surface area contributed by atoms with E-state index in [4.69, 9.17) is 4.74 Å². The van der Waals surface area contributed by atoms with Crippen LogP contribution in [-0.2, 0) is 4.74 Å². The molecular weight excluding hydrogens is 346 g/mol. The van der Waals surface area contributed by atoms with Gasteiger partial charge in [-0.1, -0.05) is 58.3 Å². The first-order chi connectivity index (χ1) is 13.4. The number of ether oxygens (including phenoxy) is 1.